The maximum Gasteiger partial charge on any atom is 0.329 e. The van der Waals surface area contributed by atoms with Gasteiger partial charge in [0.1, 0.15) is 17.4 Å². The third-order valence-electron chi connectivity index (χ3n) is 2.86. The molecule has 0 radical (unpaired) electrons. The number of hydrogen-bond donors (Lipinski definition) is 2. The summed E-state index contributed by atoms with van der Waals surface area (Å²) in [6.07, 6.45) is 1.00. The van der Waals surface area contributed by atoms with E-state index in [1.54, 1.807) is 0 Å². The fourth-order valence-corrected chi connectivity index (χ4v) is 2.44. The van der Waals surface area contributed by atoms with E-state index in [-0.39, 0.29) is 17.4 Å². The summed E-state index contributed by atoms with van der Waals surface area (Å²) < 4.78 is 53.4. The van der Waals surface area contributed by atoms with Crippen LogP contribution in [0.2, 0.25) is 0 Å². The number of carbonyl (C=O) groups excluding carboxylic acids is 1. The molecule has 0 saturated carbocycles. The summed E-state index contributed by atoms with van der Waals surface area (Å²) in [7, 11) is -3.34. The van der Waals surface area contributed by atoms with Crippen LogP contribution in [0.3, 0.4) is 0 Å². The van der Waals surface area contributed by atoms with Crippen LogP contribution < -0.4 is 10.6 Å². The van der Waals surface area contributed by atoms with E-state index in [4.69, 9.17) is 0 Å². The van der Waals surface area contributed by atoms with Crippen molar-refractivity contribution < 1.29 is 26.5 Å². The molecule has 1 atom stereocenters. The molecule has 0 aliphatic carbocycles. The standard InChI is InChI=1S/C13H14F2N4O4S/c1-7(9-4-3-8(14)5-10(9)15)16-12(20)18-13-17-11(19-23-13)6-24(2,21)22/h3-5,7H,6H2,1-2H3,(H2,16,17,18,19,20). The molecule has 0 fully saturated rings. The number of amides is 2. The summed E-state index contributed by atoms with van der Waals surface area (Å²) >= 11 is 0. The Morgan fingerprint density at radius 1 is 1.38 bits per heavy atom. The SMILES string of the molecule is CC(NC(=O)Nc1nc(CS(C)(=O)=O)no1)c1ccc(F)cc1F. The van der Waals surface area contributed by atoms with Crippen LogP contribution in [0.5, 0.6) is 0 Å². The summed E-state index contributed by atoms with van der Waals surface area (Å²) in [5.41, 5.74) is 0.0924. The summed E-state index contributed by atoms with van der Waals surface area (Å²) in [6, 6.07) is 1.15. The summed E-state index contributed by atoms with van der Waals surface area (Å²) in [5, 5.41) is 8.01. The second kappa shape index (κ2) is 6.91. The van der Waals surface area contributed by atoms with Gasteiger partial charge < -0.3 is 9.84 Å². The van der Waals surface area contributed by atoms with Gasteiger partial charge in [-0.15, -0.1) is 0 Å². The summed E-state index contributed by atoms with van der Waals surface area (Å²) in [6.45, 7) is 1.50. The van der Waals surface area contributed by atoms with E-state index in [0.717, 1.165) is 12.3 Å². The van der Waals surface area contributed by atoms with Gasteiger partial charge in [-0.2, -0.15) is 4.98 Å². The first-order valence-corrected chi connectivity index (χ1v) is 8.73. The number of carbonyl (C=O) groups is 1. The molecule has 1 heterocycles. The number of nitrogens with zero attached hydrogens (tertiary/aromatic N) is 2. The Balaban J connectivity index is 1.98. The highest BCUT2D eigenvalue weighted by molar-refractivity contribution is 7.89. The van der Waals surface area contributed by atoms with Crippen LogP contribution in [0.4, 0.5) is 19.6 Å². The van der Waals surface area contributed by atoms with Gasteiger partial charge in [0, 0.05) is 17.9 Å². The lowest BCUT2D eigenvalue weighted by molar-refractivity contribution is 0.248. The molecule has 0 bridgehead atoms. The van der Waals surface area contributed by atoms with Crippen molar-refractivity contribution in [2.75, 3.05) is 11.6 Å². The number of hydrogen-bond acceptors (Lipinski definition) is 6. The fraction of sp³-hybridized carbons (Fsp3) is 0.308. The van der Waals surface area contributed by atoms with E-state index >= 15 is 0 Å². The van der Waals surface area contributed by atoms with Crippen LogP contribution in [0.1, 0.15) is 24.4 Å². The molecule has 1 unspecified atom stereocenters. The third-order valence-corrected chi connectivity index (χ3v) is 3.64. The van der Waals surface area contributed by atoms with E-state index in [1.165, 1.54) is 13.0 Å². The third kappa shape index (κ3) is 4.98. The van der Waals surface area contributed by atoms with E-state index in [9.17, 15) is 22.0 Å². The molecule has 0 saturated heterocycles. The topological polar surface area (TPSA) is 114 Å². The van der Waals surface area contributed by atoms with Crippen molar-refractivity contribution in [3.63, 3.8) is 0 Å². The Bertz CT molecular complexity index is 853. The van der Waals surface area contributed by atoms with Crippen molar-refractivity contribution in [2.45, 2.75) is 18.7 Å². The average Bonchev–Trinajstić information content (AvgIpc) is 2.82. The zero-order valence-electron chi connectivity index (χ0n) is 12.7. The average molecular weight is 360 g/mol. The molecule has 0 aliphatic heterocycles. The number of nitrogens with one attached hydrogen (secondary N) is 2. The van der Waals surface area contributed by atoms with Gasteiger partial charge in [-0.1, -0.05) is 11.2 Å². The van der Waals surface area contributed by atoms with Gasteiger partial charge in [0.25, 0.3) is 0 Å². The van der Waals surface area contributed by atoms with Crippen LogP contribution in [0.15, 0.2) is 22.7 Å². The van der Waals surface area contributed by atoms with Crippen LogP contribution in [0, 0.1) is 11.6 Å². The van der Waals surface area contributed by atoms with Gasteiger partial charge in [0.2, 0.25) is 0 Å². The molecule has 8 nitrogen and oxygen atoms in total. The molecule has 2 aromatic rings. The van der Waals surface area contributed by atoms with Crippen LogP contribution >= 0.6 is 0 Å². The normalized spacial score (nSPS) is 12.7. The molecule has 1 aromatic heterocycles. The van der Waals surface area contributed by atoms with Crippen molar-refractivity contribution in [1.29, 1.82) is 0 Å². The van der Waals surface area contributed by atoms with Gasteiger partial charge in [-0.05, 0) is 13.0 Å². The van der Waals surface area contributed by atoms with Crippen LogP contribution in [-0.2, 0) is 15.6 Å². The molecular formula is C13H14F2N4O4S. The lowest BCUT2D eigenvalue weighted by atomic mass is 10.1. The Kier molecular flexibility index (Phi) is 5.12. The predicted molar refractivity (Wildman–Crippen MR) is 79.8 cm³/mol. The van der Waals surface area contributed by atoms with Gasteiger partial charge in [0.05, 0.1) is 6.04 Å². The minimum absolute atomic E-state index is 0.0924. The van der Waals surface area contributed by atoms with Gasteiger partial charge in [-0.25, -0.2) is 22.0 Å². The Labute approximate surface area is 136 Å². The zero-order valence-corrected chi connectivity index (χ0v) is 13.5. The van der Waals surface area contributed by atoms with E-state index in [2.05, 4.69) is 25.3 Å². The second-order valence-corrected chi connectivity index (χ2v) is 7.21. The number of sulfone groups is 1. The minimum atomic E-state index is -3.34. The number of urea groups is 1. The van der Waals surface area contributed by atoms with Crippen molar-refractivity contribution in [1.82, 2.24) is 15.5 Å². The van der Waals surface area contributed by atoms with Crippen molar-refractivity contribution in [3.8, 4) is 0 Å². The Morgan fingerprint density at radius 3 is 2.71 bits per heavy atom. The predicted octanol–water partition coefficient (Wildman–Crippen LogP) is 1.78. The molecule has 24 heavy (non-hydrogen) atoms. The number of benzene rings is 1. The van der Waals surface area contributed by atoms with Gasteiger partial charge >= 0.3 is 12.0 Å². The highest BCUT2D eigenvalue weighted by Crippen LogP contribution is 2.17. The van der Waals surface area contributed by atoms with E-state index in [0.29, 0.717) is 6.07 Å². The molecule has 11 heteroatoms. The van der Waals surface area contributed by atoms with Gasteiger partial charge in [0.15, 0.2) is 15.7 Å². The maximum atomic E-state index is 13.6. The quantitative estimate of drug-likeness (QED) is 0.840. The highest BCUT2D eigenvalue weighted by Gasteiger charge is 2.17. The van der Waals surface area contributed by atoms with Crippen molar-refractivity contribution in [3.05, 3.63) is 41.2 Å². The zero-order chi connectivity index (χ0) is 17.9. The fourth-order valence-electron chi connectivity index (χ4n) is 1.86. The smallest absolute Gasteiger partial charge is 0.329 e. The molecular weight excluding hydrogens is 346 g/mol. The van der Waals surface area contributed by atoms with Crippen molar-refractivity contribution >= 4 is 21.9 Å². The van der Waals surface area contributed by atoms with Gasteiger partial charge in [-0.3, -0.25) is 5.32 Å². The first-order valence-electron chi connectivity index (χ1n) is 6.67. The lowest BCUT2D eigenvalue weighted by Crippen LogP contribution is -2.31. The van der Waals surface area contributed by atoms with Crippen LogP contribution in [0.25, 0.3) is 0 Å². The van der Waals surface area contributed by atoms with Crippen molar-refractivity contribution in [2.24, 2.45) is 0 Å². The van der Waals surface area contributed by atoms with Crippen LogP contribution in [-0.4, -0.2) is 30.8 Å². The first kappa shape index (κ1) is 17.8. The Morgan fingerprint density at radius 2 is 2.08 bits per heavy atom. The monoisotopic (exact) mass is 360 g/mol. The molecule has 2 N–H and O–H groups in total. The van der Waals surface area contributed by atoms with E-state index < -0.39 is 39.3 Å². The molecule has 2 amide bonds. The number of halogens is 2. The highest BCUT2D eigenvalue weighted by atomic mass is 32.2. The Hall–Kier alpha value is -2.56. The molecule has 130 valence electrons. The molecule has 0 spiro atoms. The van der Waals surface area contributed by atoms with E-state index in [1.807, 2.05) is 0 Å². The minimum Gasteiger partial charge on any atom is -0.331 e. The summed E-state index contributed by atoms with van der Waals surface area (Å²) in [5.74, 6) is -2.06. The summed E-state index contributed by atoms with van der Waals surface area (Å²) in [4.78, 5) is 15.5. The molecule has 1 aromatic carbocycles. The second-order valence-electron chi connectivity index (χ2n) is 5.07. The largest absolute Gasteiger partial charge is 0.331 e. The molecule has 0 aliphatic rings. The number of rotatable bonds is 5. The molecule has 2 rings (SSSR count). The first-order chi connectivity index (χ1) is 11.1. The lowest BCUT2D eigenvalue weighted by Gasteiger charge is -2.14. The maximum absolute atomic E-state index is 13.6. The number of anilines is 1. The number of aromatic nitrogens is 2.